The summed E-state index contributed by atoms with van der Waals surface area (Å²) in [5, 5.41) is 12.6. The molecule has 3 heterocycles. The summed E-state index contributed by atoms with van der Waals surface area (Å²) >= 11 is 0. The van der Waals surface area contributed by atoms with E-state index in [0.717, 1.165) is 5.56 Å². The molecule has 4 bridgehead atoms. The quantitative estimate of drug-likeness (QED) is 0.250. The molecule has 8 nitrogen and oxygen atoms in total. The Morgan fingerprint density at radius 2 is 1.80 bits per heavy atom. The van der Waals surface area contributed by atoms with Crippen LogP contribution in [0.4, 0.5) is 13.2 Å². The number of carboxylic acids is 1. The highest BCUT2D eigenvalue weighted by Gasteiger charge is 2.33. The average Bonchev–Trinajstić information content (AvgIpc) is 3.04. The molecule has 2 unspecified atom stereocenters. The summed E-state index contributed by atoms with van der Waals surface area (Å²) in [4.78, 5) is 42.5. The van der Waals surface area contributed by atoms with E-state index in [2.05, 4.69) is 5.32 Å². The Labute approximate surface area is 282 Å². The van der Waals surface area contributed by atoms with Gasteiger partial charge in [0, 0.05) is 48.1 Å². The van der Waals surface area contributed by atoms with Crippen molar-refractivity contribution in [3.05, 3.63) is 122 Å². The monoisotopic (exact) mass is 673 g/mol. The number of carbonyl (C=O) groups excluding carboxylic acids is 1. The number of benzene rings is 3. The Balaban J connectivity index is 1.54. The third kappa shape index (κ3) is 6.98. The summed E-state index contributed by atoms with van der Waals surface area (Å²) in [5.41, 5.74) is 3.16. The number of carboxylic acid groups (broad SMARTS) is 1. The number of ether oxygens (including phenoxy) is 1. The SMILES string of the molecule is CCc1cc(CCN2CC(F)C2)cn(C2C(=O)NC(CC(=O)O)c3cc(cc(C)c3F)-c3c(C)cccc3OCc3ccc(F)c2c3)c1=O. The molecular formula is C38H38F3N3O5. The smallest absolute Gasteiger partial charge is 0.305 e. The minimum Gasteiger partial charge on any atom is -0.488 e. The largest absolute Gasteiger partial charge is 0.488 e. The van der Waals surface area contributed by atoms with Crippen molar-refractivity contribution in [3.63, 3.8) is 0 Å². The minimum absolute atomic E-state index is 0.00665. The van der Waals surface area contributed by atoms with Crippen LogP contribution in [0.5, 0.6) is 5.75 Å². The van der Waals surface area contributed by atoms with Crippen molar-refractivity contribution in [2.24, 2.45) is 0 Å². The van der Waals surface area contributed by atoms with Gasteiger partial charge in [-0.2, -0.15) is 0 Å². The van der Waals surface area contributed by atoms with Crippen molar-refractivity contribution in [1.82, 2.24) is 14.8 Å². The number of amides is 1. The van der Waals surface area contributed by atoms with E-state index in [1.807, 2.05) is 24.0 Å². The Bertz CT molecular complexity index is 1990. The van der Waals surface area contributed by atoms with Crippen LogP contribution in [0.3, 0.4) is 0 Å². The molecule has 11 heteroatoms. The van der Waals surface area contributed by atoms with Crippen LogP contribution in [0, 0.1) is 25.5 Å². The Kier molecular flexibility index (Phi) is 9.65. The first-order chi connectivity index (χ1) is 23.4. The number of likely N-dealkylation sites (tertiary alicyclic amines) is 1. The van der Waals surface area contributed by atoms with Crippen LogP contribution in [0.2, 0.25) is 0 Å². The molecule has 1 saturated heterocycles. The van der Waals surface area contributed by atoms with Crippen LogP contribution in [0.1, 0.15) is 64.4 Å². The third-order valence-electron chi connectivity index (χ3n) is 9.34. The summed E-state index contributed by atoms with van der Waals surface area (Å²) < 4.78 is 52.8. The van der Waals surface area contributed by atoms with Gasteiger partial charge in [-0.05, 0) is 90.9 Å². The van der Waals surface area contributed by atoms with Gasteiger partial charge in [-0.25, -0.2) is 13.2 Å². The van der Waals surface area contributed by atoms with Crippen molar-refractivity contribution in [2.75, 3.05) is 19.6 Å². The predicted octanol–water partition coefficient (Wildman–Crippen LogP) is 5.98. The molecule has 49 heavy (non-hydrogen) atoms. The van der Waals surface area contributed by atoms with E-state index in [1.165, 1.54) is 35.0 Å². The number of aryl methyl sites for hydroxylation is 3. The molecule has 2 atom stereocenters. The van der Waals surface area contributed by atoms with E-state index >= 15 is 8.78 Å². The first kappa shape index (κ1) is 34.0. The van der Waals surface area contributed by atoms with Gasteiger partial charge in [0.05, 0.1) is 12.5 Å². The van der Waals surface area contributed by atoms with Crippen molar-refractivity contribution < 1.29 is 32.6 Å². The van der Waals surface area contributed by atoms with Crippen LogP contribution in [0.25, 0.3) is 11.1 Å². The number of halogens is 3. The minimum atomic E-state index is -1.59. The van der Waals surface area contributed by atoms with E-state index in [0.29, 0.717) is 66.0 Å². The number of carbonyl (C=O) groups is 2. The van der Waals surface area contributed by atoms with E-state index in [-0.39, 0.29) is 23.3 Å². The highest BCUT2D eigenvalue weighted by atomic mass is 19.1. The average molecular weight is 674 g/mol. The number of rotatable bonds is 7. The summed E-state index contributed by atoms with van der Waals surface area (Å²) in [6.07, 6.45) is 0.714. The molecule has 2 aliphatic rings. The lowest BCUT2D eigenvalue weighted by atomic mass is 9.91. The molecular weight excluding hydrogens is 635 g/mol. The van der Waals surface area contributed by atoms with Gasteiger partial charge in [-0.3, -0.25) is 23.9 Å². The van der Waals surface area contributed by atoms with Gasteiger partial charge in [-0.1, -0.05) is 25.1 Å². The van der Waals surface area contributed by atoms with Crippen LogP contribution in [-0.4, -0.2) is 52.3 Å². The number of aliphatic carboxylic acids is 1. The van der Waals surface area contributed by atoms with Crippen molar-refractivity contribution in [3.8, 4) is 16.9 Å². The fourth-order valence-electron chi connectivity index (χ4n) is 6.75. The first-order valence-electron chi connectivity index (χ1n) is 16.4. The van der Waals surface area contributed by atoms with E-state index in [4.69, 9.17) is 4.74 Å². The van der Waals surface area contributed by atoms with E-state index < -0.39 is 53.7 Å². The summed E-state index contributed by atoms with van der Waals surface area (Å²) in [6, 6.07) is 11.6. The molecule has 1 aromatic heterocycles. The summed E-state index contributed by atoms with van der Waals surface area (Å²) in [7, 11) is 0. The fourth-order valence-corrected chi connectivity index (χ4v) is 6.75. The normalized spacial score (nSPS) is 18.1. The Morgan fingerprint density at radius 3 is 2.51 bits per heavy atom. The first-order valence-corrected chi connectivity index (χ1v) is 16.4. The van der Waals surface area contributed by atoms with Crippen molar-refractivity contribution >= 4 is 11.9 Å². The van der Waals surface area contributed by atoms with E-state index in [9.17, 15) is 23.9 Å². The zero-order valence-electron chi connectivity index (χ0n) is 27.6. The second-order valence-electron chi connectivity index (χ2n) is 12.9. The molecule has 4 aromatic rings. The molecule has 0 spiro atoms. The maximum atomic E-state index is 16.0. The highest BCUT2D eigenvalue weighted by Crippen LogP contribution is 2.38. The lowest BCUT2D eigenvalue weighted by Gasteiger charge is -2.34. The van der Waals surface area contributed by atoms with Gasteiger partial charge in [0.15, 0.2) is 0 Å². The summed E-state index contributed by atoms with van der Waals surface area (Å²) in [6.45, 7) is 6.37. The van der Waals surface area contributed by atoms with Crippen LogP contribution >= 0.6 is 0 Å². The Hall–Kier alpha value is -4.90. The van der Waals surface area contributed by atoms with Gasteiger partial charge in [0.1, 0.15) is 36.2 Å². The number of aromatic nitrogens is 1. The zero-order valence-corrected chi connectivity index (χ0v) is 27.6. The number of nitrogens with one attached hydrogen (secondary N) is 1. The fraction of sp³-hybridized carbons (Fsp3) is 0.342. The molecule has 1 amide bonds. The third-order valence-corrected chi connectivity index (χ3v) is 9.34. The van der Waals surface area contributed by atoms with Gasteiger partial charge in [0.2, 0.25) is 5.91 Å². The number of alkyl halides is 1. The van der Waals surface area contributed by atoms with Crippen LogP contribution in [-0.2, 0) is 29.0 Å². The Morgan fingerprint density at radius 1 is 1.02 bits per heavy atom. The van der Waals surface area contributed by atoms with Crippen LogP contribution in [0.15, 0.2) is 65.6 Å². The van der Waals surface area contributed by atoms with E-state index in [1.54, 1.807) is 32.0 Å². The van der Waals surface area contributed by atoms with Crippen molar-refractivity contribution in [1.29, 1.82) is 0 Å². The number of hydrogen-bond acceptors (Lipinski definition) is 5. The molecule has 2 aliphatic heterocycles. The molecule has 1 fully saturated rings. The molecule has 2 N–H and O–H groups in total. The van der Waals surface area contributed by atoms with Gasteiger partial charge < -0.3 is 15.2 Å². The second kappa shape index (κ2) is 13.9. The second-order valence-corrected chi connectivity index (χ2v) is 12.9. The molecule has 0 saturated carbocycles. The van der Waals surface area contributed by atoms with Gasteiger partial charge >= 0.3 is 5.97 Å². The zero-order chi connectivity index (χ0) is 35.0. The topological polar surface area (TPSA) is 101 Å². The standard InChI is InChI=1S/C38H38F3N3O5/c1-4-25-13-23(10-11-43-18-27(39)19-43)17-44(38(25)48)36-28-14-24(8-9-30(28)40)20-49-32-7-5-6-21(2)34(32)26-12-22(3)35(41)29(15-26)31(16-33(45)46)42-37(36)47/h5-9,12-15,17,27,31,36H,4,10-11,16,18-20H2,1-3H3,(H,42,47)(H,45,46). The van der Waals surface area contributed by atoms with Crippen LogP contribution < -0.4 is 15.6 Å². The van der Waals surface area contributed by atoms with Crippen molar-refractivity contribution in [2.45, 2.75) is 64.9 Å². The highest BCUT2D eigenvalue weighted by molar-refractivity contribution is 5.85. The maximum absolute atomic E-state index is 16.0. The molecule has 0 aliphatic carbocycles. The van der Waals surface area contributed by atoms with Gasteiger partial charge in [0.25, 0.3) is 5.56 Å². The molecule has 256 valence electrons. The molecule has 0 radical (unpaired) electrons. The number of pyridine rings is 1. The number of nitrogens with zero attached hydrogens (tertiary/aromatic N) is 2. The lowest BCUT2D eigenvalue weighted by Crippen LogP contribution is -2.49. The lowest BCUT2D eigenvalue weighted by molar-refractivity contribution is -0.137. The predicted molar refractivity (Wildman–Crippen MR) is 178 cm³/mol. The molecule has 3 aromatic carbocycles. The summed E-state index contributed by atoms with van der Waals surface area (Å²) in [5.74, 6) is -3.17. The maximum Gasteiger partial charge on any atom is 0.305 e. The number of fused-ring (bicyclic) bond motifs is 6. The molecule has 6 rings (SSSR count). The number of hydrogen-bond donors (Lipinski definition) is 2. The van der Waals surface area contributed by atoms with Gasteiger partial charge in [-0.15, -0.1) is 0 Å².